The lowest BCUT2D eigenvalue weighted by Crippen LogP contribution is -2.09. The van der Waals surface area contributed by atoms with Gasteiger partial charge in [0, 0.05) is 11.8 Å². The van der Waals surface area contributed by atoms with Crippen molar-refractivity contribution >= 4 is 22.2 Å². The zero-order valence-corrected chi connectivity index (χ0v) is 8.23. The fourth-order valence-electron chi connectivity index (χ4n) is 0.987. The predicted molar refractivity (Wildman–Crippen MR) is 47.4 cm³/mol. The first kappa shape index (κ1) is 10.2. The molecule has 0 radical (unpaired) electrons. The third-order valence-corrected chi connectivity index (χ3v) is 2.28. The van der Waals surface area contributed by atoms with E-state index in [2.05, 4.69) is 29.8 Å². The molecular weight excluding hydrogens is 192 g/mol. The highest BCUT2D eigenvalue weighted by Crippen LogP contribution is 2.18. The maximum Gasteiger partial charge on any atom is 0.120 e. The molecule has 0 aromatic rings. The molecule has 0 heterocycles. The largest absolute Gasteiger partial charge is 0.303 e. The van der Waals surface area contributed by atoms with Gasteiger partial charge in [0.05, 0.1) is 0 Å². The summed E-state index contributed by atoms with van der Waals surface area (Å²) >= 11 is 3.37. The Hall–Kier alpha value is 0.150. The zero-order valence-electron chi connectivity index (χ0n) is 6.64. The minimum atomic E-state index is 0.567. The highest BCUT2D eigenvalue weighted by Gasteiger charge is 2.10. The van der Waals surface area contributed by atoms with Gasteiger partial charge in [-0.05, 0) is 18.3 Å². The molecule has 0 spiro atoms. The number of aldehydes is 1. The van der Waals surface area contributed by atoms with Crippen LogP contribution in [0.25, 0.3) is 0 Å². The Kier molecular flexibility index (Phi) is 5.99. The molecule has 10 heavy (non-hydrogen) atoms. The van der Waals surface area contributed by atoms with Crippen molar-refractivity contribution in [1.82, 2.24) is 0 Å². The highest BCUT2D eigenvalue weighted by atomic mass is 79.9. The topological polar surface area (TPSA) is 17.1 Å². The van der Waals surface area contributed by atoms with Crippen LogP contribution in [0.3, 0.4) is 0 Å². The molecule has 0 aliphatic carbocycles. The van der Waals surface area contributed by atoms with Crippen LogP contribution < -0.4 is 0 Å². The van der Waals surface area contributed by atoms with Crippen LogP contribution in [0.1, 0.15) is 26.7 Å². The van der Waals surface area contributed by atoms with Gasteiger partial charge in [-0.15, -0.1) is 0 Å². The summed E-state index contributed by atoms with van der Waals surface area (Å²) in [6, 6.07) is 0. The number of alkyl halides is 1. The van der Waals surface area contributed by atoms with Crippen LogP contribution in [-0.2, 0) is 4.79 Å². The van der Waals surface area contributed by atoms with E-state index in [0.29, 0.717) is 18.3 Å². The minimum absolute atomic E-state index is 0.567. The Morgan fingerprint density at radius 3 is 2.40 bits per heavy atom. The Morgan fingerprint density at radius 2 is 2.10 bits per heavy atom. The average Bonchev–Trinajstić information content (AvgIpc) is 1.87. The van der Waals surface area contributed by atoms with Gasteiger partial charge in [-0.2, -0.15) is 0 Å². The fourth-order valence-corrected chi connectivity index (χ4v) is 1.58. The molecule has 60 valence electrons. The van der Waals surface area contributed by atoms with Gasteiger partial charge in [-0.3, -0.25) is 0 Å². The lowest BCUT2D eigenvalue weighted by molar-refractivity contribution is -0.108. The van der Waals surface area contributed by atoms with Gasteiger partial charge in [0.25, 0.3) is 0 Å². The smallest absolute Gasteiger partial charge is 0.120 e. The predicted octanol–water partition coefficient (Wildman–Crippen LogP) is 2.63. The van der Waals surface area contributed by atoms with E-state index >= 15 is 0 Å². The molecule has 0 bridgehead atoms. The summed E-state index contributed by atoms with van der Waals surface area (Å²) < 4.78 is 0. The second-order valence-corrected chi connectivity index (χ2v) is 3.68. The van der Waals surface area contributed by atoms with E-state index in [1.54, 1.807) is 0 Å². The van der Waals surface area contributed by atoms with E-state index in [1.165, 1.54) is 0 Å². The van der Waals surface area contributed by atoms with Crippen LogP contribution in [-0.4, -0.2) is 11.6 Å². The molecule has 0 aromatic heterocycles. The van der Waals surface area contributed by atoms with E-state index in [9.17, 15) is 4.79 Å². The molecule has 1 nitrogen and oxygen atoms in total. The maximum atomic E-state index is 10.2. The molecule has 0 saturated carbocycles. The Bertz CT molecular complexity index is 91.3. The molecule has 0 fully saturated rings. The van der Waals surface area contributed by atoms with Crippen molar-refractivity contribution in [2.24, 2.45) is 11.8 Å². The normalized spacial score (nSPS) is 13.6. The third-order valence-electron chi connectivity index (χ3n) is 1.82. The molecule has 2 heteroatoms. The van der Waals surface area contributed by atoms with Crippen LogP contribution in [0.2, 0.25) is 0 Å². The van der Waals surface area contributed by atoms with Gasteiger partial charge in [0.1, 0.15) is 6.29 Å². The van der Waals surface area contributed by atoms with Crippen molar-refractivity contribution in [3.8, 4) is 0 Å². The lowest BCUT2D eigenvalue weighted by atomic mass is 9.91. The Labute approximate surface area is 71.3 Å². The Morgan fingerprint density at radius 1 is 1.50 bits per heavy atom. The van der Waals surface area contributed by atoms with Crippen LogP contribution in [0, 0.1) is 11.8 Å². The summed E-state index contributed by atoms with van der Waals surface area (Å²) in [5.41, 5.74) is 0. The highest BCUT2D eigenvalue weighted by molar-refractivity contribution is 9.09. The van der Waals surface area contributed by atoms with Crippen LogP contribution in [0.4, 0.5) is 0 Å². The quantitative estimate of drug-likeness (QED) is 0.500. The molecule has 0 unspecified atom stereocenters. The molecule has 0 rings (SSSR count). The second-order valence-electron chi connectivity index (χ2n) is 2.88. The van der Waals surface area contributed by atoms with Crippen molar-refractivity contribution < 1.29 is 4.79 Å². The van der Waals surface area contributed by atoms with Crippen molar-refractivity contribution in [2.45, 2.75) is 26.7 Å². The summed E-state index contributed by atoms with van der Waals surface area (Å²) in [6.07, 6.45) is 2.84. The number of halogens is 1. The van der Waals surface area contributed by atoms with Gasteiger partial charge in [0.15, 0.2) is 0 Å². The summed E-state index contributed by atoms with van der Waals surface area (Å²) in [6.45, 7) is 4.33. The van der Waals surface area contributed by atoms with Gasteiger partial charge >= 0.3 is 0 Å². The molecule has 0 aliphatic rings. The SMILES string of the molecule is CC(C)[C@H](CC=O)CCBr. The first-order chi connectivity index (χ1) is 4.72. The molecule has 0 saturated heterocycles. The first-order valence-electron chi connectivity index (χ1n) is 3.72. The summed E-state index contributed by atoms with van der Waals surface area (Å²) in [7, 11) is 0. The van der Waals surface area contributed by atoms with E-state index in [1.807, 2.05) is 0 Å². The number of rotatable bonds is 5. The van der Waals surface area contributed by atoms with Crippen LogP contribution in [0.5, 0.6) is 0 Å². The lowest BCUT2D eigenvalue weighted by Gasteiger charge is -2.15. The summed E-state index contributed by atoms with van der Waals surface area (Å²) in [5, 5.41) is 1.00. The monoisotopic (exact) mass is 206 g/mol. The number of carbonyl (C=O) groups excluding carboxylic acids is 1. The van der Waals surface area contributed by atoms with Gasteiger partial charge < -0.3 is 4.79 Å². The minimum Gasteiger partial charge on any atom is -0.303 e. The van der Waals surface area contributed by atoms with Crippen LogP contribution >= 0.6 is 15.9 Å². The molecule has 0 aliphatic heterocycles. The van der Waals surface area contributed by atoms with E-state index in [-0.39, 0.29) is 0 Å². The van der Waals surface area contributed by atoms with Crippen molar-refractivity contribution in [3.05, 3.63) is 0 Å². The molecule has 0 N–H and O–H groups in total. The number of carbonyl (C=O) groups is 1. The van der Waals surface area contributed by atoms with E-state index in [0.717, 1.165) is 18.0 Å². The molecular formula is C8H15BrO. The zero-order chi connectivity index (χ0) is 7.98. The van der Waals surface area contributed by atoms with Crippen molar-refractivity contribution in [3.63, 3.8) is 0 Å². The van der Waals surface area contributed by atoms with Gasteiger partial charge in [0.2, 0.25) is 0 Å². The molecule has 0 amide bonds. The van der Waals surface area contributed by atoms with E-state index in [4.69, 9.17) is 0 Å². The summed E-state index contributed by atoms with van der Waals surface area (Å²) in [4.78, 5) is 10.2. The van der Waals surface area contributed by atoms with Crippen LogP contribution in [0.15, 0.2) is 0 Å². The molecule has 0 aromatic carbocycles. The van der Waals surface area contributed by atoms with Crippen molar-refractivity contribution in [2.75, 3.05) is 5.33 Å². The summed E-state index contributed by atoms with van der Waals surface area (Å²) in [5.74, 6) is 1.19. The maximum absolute atomic E-state index is 10.2. The molecule has 1 atom stereocenters. The van der Waals surface area contributed by atoms with Gasteiger partial charge in [-0.25, -0.2) is 0 Å². The van der Waals surface area contributed by atoms with Gasteiger partial charge in [-0.1, -0.05) is 29.8 Å². The number of hydrogen-bond donors (Lipinski definition) is 0. The second kappa shape index (κ2) is 5.90. The Balaban J connectivity index is 3.60. The number of hydrogen-bond acceptors (Lipinski definition) is 1. The standard InChI is InChI=1S/C8H15BrO/c1-7(2)8(3-5-9)4-6-10/h6-8H,3-5H2,1-2H3/t8-/m0/s1. The van der Waals surface area contributed by atoms with E-state index < -0.39 is 0 Å². The fraction of sp³-hybridized carbons (Fsp3) is 0.875. The third kappa shape index (κ3) is 4.04. The average molecular weight is 207 g/mol. The van der Waals surface area contributed by atoms with Crippen molar-refractivity contribution in [1.29, 1.82) is 0 Å². The first-order valence-corrected chi connectivity index (χ1v) is 4.84.